The summed E-state index contributed by atoms with van der Waals surface area (Å²) in [6.07, 6.45) is 0. The van der Waals surface area contributed by atoms with E-state index in [1.807, 2.05) is 20.8 Å². The molecular weight excluding hydrogens is 276 g/mol. The molecule has 2 N–H and O–H groups in total. The van der Waals surface area contributed by atoms with Gasteiger partial charge >= 0.3 is 0 Å². The van der Waals surface area contributed by atoms with Gasteiger partial charge < -0.3 is 10.6 Å². The van der Waals surface area contributed by atoms with E-state index in [0.717, 1.165) is 0 Å². The minimum absolute atomic E-state index is 0.0193. The molecule has 0 saturated carbocycles. The molecular formula is C15H19ClN2O2. The Morgan fingerprint density at radius 2 is 2.10 bits per heavy atom. The number of hydrogen-bond donors (Lipinski definition) is 2. The van der Waals surface area contributed by atoms with Crippen LogP contribution in [-0.2, 0) is 9.59 Å². The number of nitrogens with one attached hydrogen (secondary N) is 2. The lowest BCUT2D eigenvalue weighted by Crippen LogP contribution is -2.37. The standard InChI is InChI=1S/C15H19ClN2O2/c1-15(2,3)11-8-17-13(19)12(11)14(20)18-10-6-4-5-9(16)7-10/h4-7,11-12H,8H2,1-3H3,(H,17,19)(H,18,20). The minimum Gasteiger partial charge on any atom is -0.355 e. The molecule has 2 unspecified atom stereocenters. The fraction of sp³-hybridized carbons (Fsp3) is 0.467. The predicted octanol–water partition coefficient (Wildman–Crippen LogP) is 2.69. The highest BCUT2D eigenvalue weighted by Gasteiger charge is 2.45. The molecule has 0 aliphatic carbocycles. The van der Waals surface area contributed by atoms with Gasteiger partial charge in [0.05, 0.1) is 0 Å². The van der Waals surface area contributed by atoms with Crippen molar-refractivity contribution in [3.05, 3.63) is 29.3 Å². The van der Waals surface area contributed by atoms with Crippen molar-refractivity contribution in [2.75, 3.05) is 11.9 Å². The van der Waals surface area contributed by atoms with Crippen LogP contribution in [0.5, 0.6) is 0 Å². The number of rotatable bonds is 2. The maximum absolute atomic E-state index is 12.4. The van der Waals surface area contributed by atoms with Gasteiger partial charge in [0.2, 0.25) is 11.8 Å². The first kappa shape index (κ1) is 14.9. The van der Waals surface area contributed by atoms with E-state index in [9.17, 15) is 9.59 Å². The zero-order chi connectivity index (χ0) is 14.9. The molecule has 1 fully saturated rings. The van der Waals surface area contributed by atoms with E-state index in [2.05, 4.69) is 10.6 Å². The van der Waals surface area contributed by atoms with Gasteiger partial charge in [-0.1, -0.05) is 38.4 Å². The molecule has 5 heteroatoms. The summed E-state index contributed by atoms with van der Waals surface area (Å²) in [6.45, 7) is 6.66. The van der Waals surface area contributed by atoms with Gasteiger partial charge in [0.15, 0.2) is 0 Å². The van der Waals surface area contributed by atoms with Gasteiger partial charge in [-0.05, 0) is 23.6 Å². The molecule has 1 aliphatic rings. The quantitative estimate of drug-likeness (QED) is 0.824. The van der Waals surface area contributed by atoms with Crippen LogP contribution in [0.3, 0.4) is 0 Å². The van der Waals surface area contributed by atoms with Crippen LogP contribution in [0.1, 0.15) is 20.8 Å². The molecule has 20 heavy (non-hydrogen) atoms. The molecule has 108 valence electrons. The Bertz CT molecular complexity index is 537. The normalized spacial score (nSPS) is 22.5. The molecule has 1 aromatic rings. The summed E-state index contributed by atoms with van der Waals surface area (Å²) in [7, 11) is 0. The van der Waals surface area contributed by atoms with E-state index < -0.39 is 5.92 Å². The van der Waals surface area contributed by atoms with Gasteiger partial charge in [-0.3, -0.25) is 9.59 Å². The van der Waals surface area contributed by atoms with Crippen LogP contribution in [0.4, 0.5) is 5.69 Å². The largest absolute Gasteiger partial charge is 0.355 e. The molecule has 0 radical (unpaired) electrons. The maximum atomic E-state index is 12.4. The van der Waals surface area contributed by atoms with Crippen LogP contribution in [-0.4, -0.2) is 18.4 Å². The molecule has 1 saturated heterocycles. The van der Waals surface area contributed by atoms with Crippen molar-refractivity contribution in [2.45, 2.75) is 20.8 Å². The number of carbonyl (C=O) groups is 2. The smallest absolute Gasteiger partial charge is 0.237 e. The van der Waals surface area contributed by atoms with Gasteiger partial charge in [-0.25, -0.2) is 0 Å². The highest BCUT2D eigenvalue weighted by Crippen LogP contribution is 2.35. The second-order valence-electron chi connectivity index (χ2n) is 6.19. The van der Waals surface area contributed by atoms with E-state index in [1.165, 1.54) is 0 Å². The first-order chi connectivity index (χ1) is 9.29. The Labute approximate surface area is 123 Å². The van der Waals surface area contributed by atoms with Gasteiger partial charge in [0.1, 0.15) is 5.92 Å². The van der Waals surface area contributed by atoms with Crippen LogP contribution >= 0.6 is 11.6 Å². The molecule has 0 aromatic heterocycles. The van der Waals surface area contributed by atoms with Gasteiger partial charge in [0.25, 0.3) is 0 Å². The van der Waals surface area contributed by atoms with Crippen molar-refractivity contribution in [1.29, 1.82) is 0 Å². The summed E-state index contributed by atoms with van der Waals surface area (Å²) in [5.41, 5.74) is 0.491. The predicted molar refractivity (Wildman–Crippen MR) is 79.5 cm³/mol. The van der Waals surface area contributed by atoms with Crippen molar-refractivity contribution in [3.63, 3.8) is 0 Å². The number of halogens is 1. The SMILES string of the molecule is CC(C)(C)C1CNC(=O)C1C(=O)Nc1cccc(Cl)c1. The molecule has 1 aliphatic heterocycles. The maximum Gasteiger partial charge on any atom is 0.237 e. The third-order valence-corrected chi connectivity index (χ3v) is 3.90. The average Bonchev–Trinajstić information content (AvgIpc) is 2.71. The van der Waals surface area contributed by atoms with Crippen molar-refractivity contribution < 1.29 is 9.59 Å². The fourth-order valence-corrected chi connectivity index (χ4v) is 2.71. The lowest BCUT2D eigenvalue weighted by Gasteiger charge is -2.29. The number of carbonyl (C=O) groups excluding carboxylic acids is 2. The molecule has 1 heterocycles. The van der Waals surface area contributed by atoms with Crippen LogP contribution in [0, 0.1) is 17.3 Å². The highest BCUT2D eigenvalue weighted by atomic mass is 35.5. The summed E-state index contributed by atoms with van der Waals surface area (Å²) >= 11 is 5.89. The zero-order valence-corrected chi connectivity index (χ0v) is 12.6. The van der Waals surface area contributed by atoms with Gasteiger partial charge in [-0.2, -0.15) is 0 Å². The fourth-order valence-electron chi connectivity index (χ4n) is 2.52. The van der Waals surface area contributed by atoms with Crippen LogP contribution in [0.2, 0.25) is 5.02 Å². The highest BCUT2D eigenvalue weighted by molar-refractivity contribution is 6.30. The number of benzene rings is 1. The lowest BCUT2D eigenvalue weighted by molar-refractivity contribution is -0.132. The Hall–Kier alpha value is -1.55. The van der Waals surface area contributed by atoms with E-state index in [-0.39, 0.29) is 23.1 Å². The lowest BCUT2D eigenvalue weighted by atomic mass is 9.74. The molecule has 0 spiro atoms. The van der Waals surface area contributed by atoms with E-state index in [0.29, 0.717) is 17.3 Å². The van der Waals surface area contributed by atoms with Gasteiger partial charge in [-0.15, -0.1) is 0 Å². The van der Waals surface area contributed by atoms with Crippen LogP contribution < -0.4 is 10.6 Å². The molecule has 1 aromatic carbocycles. The Morgan fingerprint density at radius 3 is 2.70 bits per heavy atom. The second-order valence-corrected chi connectivity index (χ2v) is 6.63. The van der Waals surface area contributed by atoms with Crippen LogP contribution in [0.25, 0.3) is 0 Å². The molecule has 4 nitrogen and oxygen atoms in total. The number of hydrogen-bond acceptors (Lipinski definition) is 2. The molecule has 2 rings (SSSR count). The van der Waals surface area contributed by atoms with E-state index in [4.69, 9.17) is 11.6 Å². The van der Waals surface area contributed by atoms with Crippen molar-refractivity contribution >= 4 is 29.1 Å². The van der Waals surface area contributed by atoms with Crippen LogP contribution in [0.15, 0.2) is 24.3 Å². The van der Waals surface area contributed by atoms with Crippen molar-refractivity contribution in [3.8, 4) is 0 Å². The molecule has 2 amide bonds. The second kappa shape index (κ2) is 5.44. The summed E-state index contributed by atoms with van der Waals surface area (Å²) in [4.78, 5) is 24.3. The van der Waals surface area contributed by atoms with Crippen molar-refractivity contribution in [1.82, 2.24) is 5.32 Å². The minimum atomic E-state index is -0.658. The monoisotopic (exact) mass is 294 g/mol. The molecule has 0 bridgehead atoms. The summed E-state index contributed by atoms with van der Waals surface area (Å²) in [5, 5.41) is 6.10. The Morgan fingerprint density at radius 1 is 1.40 bits per heavy atom. The number of anilines is 1. The first-order valence-electron chi connectivity index (χ1n) is 6.63. The third-order valence-electron chi connectivity index (χ3n) is 3.67. The summed E-state index contributed by atoms with van der Waals surface area (Å²) < 4.78 is 0. The first-order valence-corrected chi connectivity index (χ1v) is 7.01. The summed E-state index contributed by atoms with van der Waals surface area (Å²) in [6, 6.07) is 6.91. The van der Waals surface area contributed by atoms with E-state index >= 15 is 0 Å². The van der Waals surface area contributed by atoms with Gasteiger partial charge in [0, 0.05) is 23.2 Å². The van der Waals surface area contributed by atoms with Crippen molar-refractivity contribution in [2.24, 2.45) is 17.3 Å². The number of amides is 2. The summed E-state index contributed by atoms with van der Waals surface area (Å²) in [5.74, 6) is -1.16. The topological polar surface area (TPSA) is 58.2 Å². The van der Waals surface area contributed by atoms with E-state index in [1.54, 1.807) is 24.3 Å². The average molecular weight is 295 g/mol. The molecule has 2 atom stereocenters. The Balaban J connectivity index is 2.17. The zero-order valence-electron chi connectivity index (χ0n) is 11.9. The Kier molecular flexibility index (Phi) is 4.04. The third kappa shape index (κ3) is 3.12.